The van der Waals surface area contributed by atoms with E-state index in [0.29, 0.717) is 6.54 Å². The maximum absolute atomic E-state index is 5.64. The molecule has 3 heterocycles. The predicted molar refractivity (Wildman–Crippen MR) is 106 cm³/mol. The van der Waals surface area contributed by atoms with E-state index in [1.807, 2.05) is 36.4 Å². The molecule has 24 heavy (non-hydrogen) atoms. The van der Waals surface area contributed by atoms with E-state index in [1.54, 1.807) is 24.2 Å². The van der Waals surface area contributed by atoms with E-state index in [1.165, 1.54) is 0 Å². The standard InChI is InChI=1S/C17H14Br2N4S/c18-11-1-4-21-14(7-11)16-9-13(24-6-3-20)10-17(23-16)15-8-12(19)2-5-22-15/h1-2,4-5,7-10H,3,6,20H2. The van der Waals surface area contributed by atoms with Crippen LogP contribution in [0.2, 0.25) is 0 Å². The third-order valence-electron chi connectivity index (χ3n) is 3.15. The average molecular weight is 466 g/mol. The molecular weight excluding hydrogens is 452 g/mol. The Balaban J connectivity index is 2.10. The lowest BCUT2D eigenvalue weighted by Crippen LogP contribution is -2.01. The highest BCUT2D eigenvalue weighted by molar-refractivity contribution is 9.10. The van der Waals surface area contributed by atoms with Crippen LogP contribution in [0, 0.1) is 0 Å². The fourth-order valence-corrected chi connectivity index (χ4v) is 3.53. The van der Waals surface area contributed by atoms with Gasteiger partial charge in [-0.15, -0.1) is 11.8 Å². The van der Waals surface area contributed by atoms with E-state index in [2.05, 4.69) is 41.8 Å². The van der Waals surface area contributed by atoms with Gasteiger partial charge in [0.25, 0.3) is 0 Å². The van der Waals surface area contributed by atoms with Crippen molar-refractivity contribution in [1.82, 2.24) is 15.0 Å². The molecule has 0 bridgehead atoms. The van der Waals surface area contributed by atoms with Gasteiger partial charge < -0.3 is 5.73 Å². The summed E-state index contributed by atoms with van der Waals surface area (Å²) in [4.78, 5) is 14.7. The van der Waals surface area contributed by atoms with Crippen molar-refractivity contribution in [2.75, 3.05) is 12.3 Å². The van der Waals surface area contributed by atoms with Gasteiger partial charge >= 0.3 is 0 Å². The molecule has 4 nitrogen and oxygen atoms in total. The Hall–Kier alpha value is -1.28. The molecule has 0 spiro atoms. The summed E-state index contributed by atoms with van der Waals surface area (Å²) in [5.74, 6) is 0.848. The molecule has 3 aromatic rings. The lowest BCUT2D eigenvalue weighted by molar-refractivity contribution is 1.14. The van der Waals surface area contributed by atoms with E-state index >= 15 is 0 Å². The van der Waals surface area contributed by atoms with Crippen LogP contribution in [0.4, 0.5) is 0 Å². The number of nitrogens with zero attached hydrogens (tertiary/aromatic N) is 3. The van der Waals surface area contributed by atoms with Crippen molar-refractivity contribution < 1.29 is 0 Å². The minimum atomic E-state index is 0.627. The minimum Gasteiger partial charge on any atom is -0.330 e. The van der Waals surface area contributed by atoms with Crippen LogP contribution in [-0.4, -0.2) is 27.2 Å². The fraction of sp³-hybridized carbons (Fsp3) is 0.118. The van der Waals surface area contributed by atoms with Gasteiger partial charge in [-0.3, -0.25) is 9.97 Å². The van der Waals surface area contributed by atoms with Crippen LogP contribution in [0.3, 0.4) is 0 Å². The second-order valence-corrected chi connectivity index (χ2v) is 7.93. The van der Waals surface area contributed by atoms with E-state index in [9.17, 15) is 0 Å². The fourth-order valence-electron chi connectivity index (χ4n) is 2.12. The zero-order valence-corrected chi connectivity index (χ0v) is 16.6. The molecule has 0 fully saturated rings. The number of halogens is 2. The van der Waals surface area contributed by atoms with Crippen molar-refractivity contribution in [3.05, 3.63) is 57.7 Å². The van der Waals surface area contributed by atoms with Crippen LogP contribution in [0.5, 0.6) is 0 Å². The van der Waals surface area contributed by atoms with Gasteiger partial charge in [-0.05, 0) is 36.4 Å². The number of aromatic nitrogens is 3. The molecule has 0 atom stereocenters. The molecule has 0 amide bonds. The van der Waals surface area contributed by atoms with Gasteiger partial charge in [0.15, 0.2) is 0 Å². The number of nitrogens with two attached hydrogens (primary N) is 1. The summed E-state index contributed by atoms with van der Waals surface area (Å²) in [5, 5.41) is 0. The molecule has 3 rings (SSSR count). The highest BCUT2D eigenvalue weighted by atomic mass is 79.9. The third-order valence-corrected chi connectivity index (χ3v) is 5.15. The van der Waals surface area contributed by atoms with Crippen molar-refractivity contribution in [2.24, 2.45) is 5.73 Å². The van der Waals surface area contributed by atoms with Crippen molar-refractivity contribution >= 4 is 43.6 Å². The molecule has 0 unspecified atom stereocenters. The molecule has 0 radical (unpaired) electrons. The van der Waals surface area contributed by atoms with Crippen molar-refractivity contribution in [2.45, 2.75) is 4.90 Å². The first kappa shape index (κ1) is 17.5. The van der Waals surface area contributed by atoms with E-state index in [-0.39, 0.29) is 0 Å². The van der Waals surface area contributed by atoms with Gasteiger partial charge in [-0.1, -0.05) is 31.9 Å². The summed E-state index contributed by atoms with van der Waals surface area (Å²) >= 11 is 8.67. The first-order chi connectivity index (χ1) is 11.7. The largest absolute Gasteiger partial charge is 0.330 e. The summed E-state index contributed by atoms with van der Waals surface area (Å²) in [6.45, 7) is 0.627. The molecule has 0 aliphatic rings. The Labute approximate surface area is 161 Å². The van der Waals surface area contributed by atoms with Gasteiger partial charge in [0.05, 0.1) is 22.8 Å². The van der Waals surface area contributed by atoms with Crippen LogP contribution in [0.1, 0.15) is 0 Å². The van der Waals surface area contributed by atoms with E-state index in [0.717, 1.165) is 42.4 Å². The lowest BCUT2D eigenvalue weighted by atomic mass is 10.2. The monoisotopic (exact) mass is 464 g/mol. The molecule has 122 valence electrons. The number of hydrogen-bond acceptors (Lipinski definition) is 5. The summed E-state index contributed by atoms with van der Waals surface area (Å²) < 4.78 is 1.94. The molecule has 0 aromatic carbocycles. The summed E-state index contributed by atoms with van der Waals surface area (Å²) in [5.41, 5.74) is 8.90. The third kappa shape index (κ3) is 4.42. The van der Waals surface area contributed by atoms with Gasteiger partial charge in [-0.2, -0.15) is 0 Å². The Bertz CT molecular complexity index is 794. The highest BCUT2D eigenvalue weighted by Crippen LogP contribution is 2.29. The van der Waals surface area contributed by atoms with Crippen molar-refractivity contribution in [3.63, 3.8) is 0 Å². The first-order valence-corrected chi connectivity index (χ1v) is 9.81. The highest BCUT2D eigenvalue weighted by Gasteiger charge is 2.10. The van der Waals surface area contributed by atoms with Gasteiger partial charge in [0.1, 0.15) is 0 Å². The topological polar surface area (TPSA) is 64.7 Å². The van der Waals surface area contributed by atoms with Crippen LogP contribution in [0.25, 0.3) is 22.8 Å². The molecule has 0 saturated heterocycles. The van der Waals surface area contributed by atoms with Crippen LogP contribution < -0.4 is 5.73 Å². The zero-order chi connectivity index (χ0) is 16.9. The summed E-state index contributed by atoms with van der Waals surface area (Å²) in [7, 11) is 0. The molecule has 0 saturated carbocycles. The maximum atomic E-state index is 5.64. The quantitative estimate of drug-likeness (QED) is 0.549. The first-order valence-electron chi connectivity index (χ1n) is 7.24. The van der Waals surface area contributed by atoms with Gasteiger partial charge in [0, 0.05) is 38.5 Å². The molecular formula is C17H14Br2N4S. The van der Waals surface area contributed by atoms with Crippen LogP contribution >= 0.6 is 43.6 Å². The zero-order valence-electron chi connectivity index (χ0n) is 12.6. The Morgan fingerprint density at radius 3 is 1.83 bits per heavy atom. The molecule has 0 aliphatic carbocycles. The number of thioether (sulfide) groups is 1. The predicted octanol–water partition coefficient (Wildman–Crippen LogP) is 4.78. The number of rotatable bonds is 5. The molecule has 7 heteroatoms. The minimum absolute atomic E-state index is 0.627. The van der Waals surface area contributed by atoms with Crippen molar-refractivity contribution in [1.29, 1.82) is 0 Å². The molecule has 3 aromatic heterocycles. The smallest absolute Gasteiger partial charge is 0.0905 e. The molecule has 0 aliphatic heterocycles. The van der Waals surface area contributed by atoms with Crippen LogP contribution in [-0.2, 0) is 0 Å². The Kier molecular flexibility index (Phi) is 5.99. The van der Waals surface area contributed by atoms with Gasteiger partial charge in [0.2, 0.25) is 0 Å². The second kappa shape index (κ2) is 8.20. The number of hydrogen-bond donors (Lipinski definition) is 1. The van der Waals surface area contributed by atoms with E-state index < -0.39 is 0 Å². The van der Waals surface area contributed by atoms with E-state index in [4.69, 9.17) is 10.7 Å². The number of pyridine rings is 3. The van der Waals surface area contributed by atoms with Crippen LogP contribution in [0.15, 0.2) is 62.6 Å². The average Bonchev–Trinajstić information content (AvgIpc) is 2.60. The SMILES string of the molecule is NCCSc1cc(-c2cc(Br)ccn2)nc(-c2cc(Br)ccn2)c1. The Morgan fingerprint density at radius 1 is 0.833 bits per heavy atom. The lowest BCUT2D eigenvalue weighted by Gasteiger charge is -2.09. The second-order valence-electron chi connectivity index (χ2n) is 4.93. The maximum Gasteiger partial charge on any atom is 0.0905 e. The summed E-state index contributed by atoms with van der Waals surface area (Å²) in [6, 6.07) is 11.8. The summed E-state index contributed by atoms with van der Waals surface area (Å²) in [6.07, 6.45) is 3.52. The Morgan fingerprint density at radius 2 is 1.38 bits per heavy atom. The van der Waals surface area contributed by atoms with Crippen molar-refractivity contribution in [3.8, 4) is 22.8 Å². The van der Waals surface area contributed by atoms with Gasteiger partial charge in [-0.25, -0.2) is 4.98 Å². The molecule has 2 N–H and O–H groups in total. The normalized spacial score (nSPS) is 10.8.